The molecule has 0 spiro atoms. The van der Waals surface area contributed by atoms with Gasteiger partial charge in [-0.2, -0.15) is 0 Å². The lowest BCUT2D eigenvalue weighted by Gasteiger charge is -2.04. The fourth-order valence-corrected chi connectivity index (χ4v) is 2.32. The highest BCUT2D eigenvalue weighted by Crippen LogP contribution is 2.23. The molecule has 6 nitrogen and oxygen atoms in total. The summed E-state index contributed by atoms with van der Waals surface area (Å²) in [6.07, 6.45) is 2.38. The van der Waals surface area contributed by atoms with Gasteiger partial charge in [0.25, 0.3) is 5.91 Å². The molecular weight excluding hydrogens is 306 g/mol. The van der Waals surface area contributed by atoms with E-state index in [1.165, 1.54) is 5.56 Å². The number of amides is 2. The number of hydrogen-bond donors (Lipinski definition) is 2. The van der Waals surface area contributed by atoms with Gasteiger partial charge < -0.3 is 15.2 Å². The third-order valence-electron chi connectivity index (χ3n) is 4.11. The average Bonchev–Trinajstić information content (AvgIpc) is 3.22. The van der Waals surface area contributed by atoms with Gasteiger partial charge in [0, 0.05) is 30.6 Å². The molecule has 0 unspecified atom stereocenters. The van der Waals surface area contributed by atoms with Gasteiger partial charge in [-0.3, -0.25) is 9.59 Å². The maximum Gasteiger partial charge on any atom is 0.273 e. The molecule has 1 fully saturated rings. The fourth-order valence-electron chi connectivity index (χ4n) is 2.32. The van der Waals surface area contributed by atoms with E-state index in [1.807, 2.05) is 32.0 Å². The molecule has 1 aromatic heterocycles. The van der Waals surface area contributed by atoms with Crippen LogP contribution in [0, 0.1) is 13.8 Å². The van der Waals surface area contributed by atoms with Gasteiger partial charge in [0.15, 0.2) is 11.5 Å². The second kappa shape index (κ2) is 6.86. The number of benzene rings is 1. The number of aryl methyl sites for hydroxylation is 2. The third kappa shape index (κ3) is 4.01. The van der Waals surface area contributed by atoms with E-state index in [0.29, 0.717) is 11.8 Å². The molecule has 2 N–H and O–H groups in total. The number of hydrogen-bond acceptors (Lipinski definition) is 4. The molecule has 2 amide bonds. The van der Waals surface area contributed by atoms with E-state index in [1.54, 1.807) is 6.07 Å². The standard InChI is InChI=1S/C18H21N3O3/c1-11-3-4-13(9-12(11)2)16-10-15(21-24-16)18(23)19-8-7-17(22)20-14-5-6-14/h3-4,9-10,14H,5-8H2,1-2H3,(H,19,23)(H,20,22). The summed E-state index contributed by atoms with van der Waals surface area (Å²) < 4.78 is 5.26. The topological polar surface area (TPSA) is 84.2 Å². The average molecular weight is 327 g/mol. The van der Waals surface area contributed by atoms with Crippen LogP contribution in [0.1, 0.15) is 40.9 Å². The summed E-state index contributed by atoms with van der Waals surface area (Å²) >= 11 is 0. The highest BCUT2D eigenvalue weighted by molar-refractivity contribution is 5.93. The summed E-state index contributed by atoms with van der Waals surface area (Å²) in [6.45, 7) is 4.34. The van der Waals surface area contributed by atoms with Crippen molar-refractivity contribution in [1.82, 2.24) is 15.8 Å². The van der Waals surface area contributed by atoms with Crippen molar-refractivity contribution in [1.29, 1.82) is 0 Å². The predicted molar refractivity (Wildman–Crippen MR) is 89.5 cm³/mol. The van der Waals surface area contributed by atoms with Crippen molar-refractivity contribution >= 4 is 11.8 Å². The van der Waals surface area contributed by atoms with Crippen molar-refractivity contribution in [3.05, 3.63) is 41.1 Å². The normalized spacial score (nSPS) is 13.6. The van der Waals surface area contributed by atoms with Crippen molar-refractivity contribution in [3.8, 4) is 11.3 Å². The molecule has 1 aliphatic carbocycles. The Morgan fingerprint density at radius 3 is 2.71 bits per heavy atom. The largest absolute Gasteiger partial charge is 0.355 e. The summed E-state index contributed by atoms with van der Waals surface area (Å²) in [7, 11) is 0. The number of nitrogens with one attached hydrogen (secondary N) is 2. The fraction of sp³-hybridized carbons (Fsp3) is 0.389. The summed E-state index contributed by atoms with van der Waals surface area (Å²) in [5.41, 5.74) is 3.44. The Kier molecular flexibility index (Phi) is 4.64. The Hall–Kier alpha value is -2.63. The lowest BCUT2D eigenvalue weighted by atomic mass is 10.0. The zero-order chi connectivity index (χ0) is 17.1. The van der Waals surface area contributed by atoms with Gasteiger partial charge in [0.2, 0.25) is 5.91 Å². The molecule has 0 aliphatic heterocycles. The summed E-state index contributed by atoms with van der Waals surface area (Å²) in [5.74, 6) is 0.177. The van der Waals surface area contributed by atoms with E-state index in [9.17, 15) is 9.59 Å². The van der Waals surface area contributed by atoms with Crippen LogP contribution in [0.5, 0.6) is 0 Å². The first kappa shape index (κ1) is 16.2. The molecule has 2 aromatic rings. The molecule has 6 heteroatoms. The van der Waals surface area contributed by atoms with Crippen LogP contribution in [0.15, 0.2) is 28.8 Å². The first-order valence-corrected chi connectivity index (χ1v) is 8.15. The summed E-state index contributed by atoms with van der Waals surface area (Å²) in [5, 5.41) is 9.38. The molecule has 126 valence electrons. The number of carbonyl (C=O) groups is 2. The molecule has 24 heavy (non-hydrogen) atoms. The highest BCUT2D eigenvalue weighted by Gasteiger charge is 2.23. The predicted octanol–water partition coefficient (Wildman–Crippen LogP) is 2.36. The van der Waals surface area contributed by atoms with Crippen LogP contribution in [0.3, 0.4) is 0 Å². The van der Waals surface area contributed by atoms with Crippen LogP contribution in [-0.2, 0) is 4.79 Å². The number of carbonyl (C=O) groups excluding carboxylic acids is 2. The molecule has 1 aromatic carbocycles. The molecule has 1 heterocycles. The van der Waals surface area contributed by atoms with Crippen molar-refractivity contribution in [2.45, 2.75) is 39.2 Å². The van der Waals surface area contributed by atoms with Gasteiger partial charge >= 0.3 is 0 Å². The lowest BCUT2D eigenvalue weighted by molar-refractivity contribution is -0.121. The molecule has 1 aliphatic rings. The van der Waals surface area contributed by atoms with Gasteiger partial charge in [-0.25, -0.2) is 0 Å². The first-order valence-electron chi connectivity index (χ1n) is 8.15. The van der Waals surface area contributed by atoms with E-state index < -0.39 is 0 Å². The lowest BCUT2D eigenvalue weighted by Crippen LogP contribution is -2.31. The molecule has 0 bridgehead atoms. The minimum atomic E-state index is -0.340. The van der Waals surface area contributed by atoms with Gasteiger partial charge in [-0.15, -0.1) is 0 Å². The van der Waals surface area contributed by atoms with E-state index in [2.05, 4.69) is 15.8 Å². The van der Waals surface area contributed by atoms with Gasteiger partial charge in [0.05, 0.1) is 0 Å². The molecule has 0 atom stereocenters. The van der Waals surface area contributed by atoms with Crippen LogP contribution in [-0.4, -0.2) is 29.6 Å². The maximum absolute atomic E-state index is 12.1. The van der Waals surface area contributed by atoms with Gasteiger partial charge in [-0.05, 0) is 43.9 Å². The van der Waals surface area contributed by atoms with Crippen LogP contribution >= 0.6 is 0 Å². The number of nitrogens with zero attached hydrogens (tertiary/aromatic N) is 1. The second-order valence-corrected chi connectivity index (χ2v) is 6.22. The quantitative estimate of drug-likeness (QED) is 0.853. The molecular formula is C18H21N3O3. The van der Waals surface area contributed by atoms with E-state index >= 15 is 0 Å². The Bertz CT molecular complexity index is 763. The number of rotatable bonds is 6. The molecule has 0 saturated heterocycles. The van der Waals surface area contributed by atoms with E-state index in [0.717, 1.165) is 24.0 Å². The van der Waals surface area contributed by atoms with Crippen molar-refractivity contribution in [2.75, 3.05) is 6.54 Å². The third-order valence-corrected chi connectivity index (χ3v) is 4.11. The van der Waals surface area contributed by atoms with Crippen LogP contribution < -0.4 is 10.6 Å². The Balaban J connectivity index is 1.54. The van der Waals surface area contributed by atoms with Crippen LogP contribution in [0.25, 0.3) is 11.3 Å². The molecule has 1 saturated carbocycles. The maximum atomic E-state index is 12.1. The van der Waals surface area contributed by atoms with E-state index in [4.69, 9.17) is 4.52 Å². The van der Waals surface area contributed by atoms with Gasteiger partial charge in [-0.1, -0.05) is 17.3 Å². The Morgan fingerprint density at radius 2 is 2.00 bits per heavy atom. The minimum Gasteiger partial charge on any atom is -0.355 e. The summed E-state index contributed by atoms with van der Waals surface area (Å²) in [4.78, 5) is 23.6. The van der Waals surface area contributed by atoms with Crippen LogP contribution in [0.2, 0.25) is 0 Å². The van der Waals surface area contributed by atoms with Crippen molar-refractivity contribution in [3.63, 3.8) is 0 Å². The minimum absolute atomic E-state index is 0.0335. The SMILES string of the molecule is Cc1ccc(-c2cc(C(=O)NCCC(=O)NC3CC3)no2)cc1C. The first-order chi connectivity index (χ1) is 11.5. The van der Waals surface area contributed by atoms with Crippen molar-refractivity contribution in [2.24, 2.45) is 0 Å². The molecule has 0 radical (unpaired) electrons. The zero-order valence-corrected chi connectivity index (χ0v) is 13.9. The zero-order valence-electron chi connectivity index (χ0n) is 13.9. The second-order valence-electron chi connectivity index (χ2n) is 6.22. The van der Waals surface area contributed by atoms with Crippen LogP contribution in [0.4, 0.5) is 0 Å². The summed E-state index contributed by atoms with van der Waals surface area (Å²) in [6, 6.07) is 7.89. The number of aromatic nitrogens is 1. The Labute approximate surface area is 140 Å². The Morgan fingerprint density at radius 1 is 1.21 bits per heavy atom. The highest BCUT2D eigenvalue weighted by atomic mass is 16.5. The van der Waals surface area contributed by atoms with E-state index in [-0.39, 0.29) is 30.5 Å². The smallest absolute Gasteiger partial charge is 0.273 e. The van der Waals surface area contributed by atoms with Gasteiger partial charge in [0.1, 0.15) is 0 Å². The molecule has 3 rings (SSSR count). The monoisotopic (exact) mass is 327 g/mol. The van der Waals surface area contributed by atoms with Crippen molar-refractivity contribution < 1.29 is 14.1 Å².